The molecule has 2 aliphatic heterocycles. The zero-order valence-electron chi connectivity index (χ0n) is 20.8. The Bertz CT molecular complexity index is 1280. The van der Waals surface area contributed by atoms with Gasteiger partial charge < -0.3 is 24.6 Å². The summed E-state index contributed by atoms with van der Waals surface area (Å²) in [4.78, 5) is 26.0. The van der Waals surface area contributed by atoms with E-state index in [1.165, 1.54) is 18.3 Å². The van der Waals surface area contributed by atoms with E-state index in [2.05, 4.69) is 19.6 Å². The number of alkyl halides is 3. The number of likely N-dealkylation sites (N-methyl/N-ethyl adjacent to an activating group) is 1. The van der Waals surface area contributed by atoms with Gasteiger partial charge in [0.2, 0.25) is 0 Å². The Hall–Kier alpha value is -3.22. The second kappa shape index (κ2) is 10.5. The molecule has 38 heavy (non-hydrogen) atoms. The van der Waals surface area contributed by atoms with E-state index < -0.39 is 24.2 Å². The molecule has 2 N–H and O–H groups in total. The summed E-state index contributed by atoms with van der Waals surface area (Å²) < 4.78 is 56.1. The zero-order valence-corrected chi connectivity index (χ0v) is 20.8. The van der Waals surface area contributed by atoms with Gasteiger partial charge in [0.05, 0.1) is 11.9 Å². The number of amides is 1. The van der Waals surface area contributed by atoms with Gasteiger partial charge in [-0.15, -0.1) is 13.2 Å². The molecular weight excluding hydrogens is 506 g/mol. The number of halogens is 4. The first-order valence-corrected chi connectivity index (χ1v) is 12.5. The van der Waals surface area contributed by atoms with Gasteiger partial charge in [-0.25, -0.2) is 9.37 Å². The summed E-state index contributed by atoms with van der Waals surface area (Å²) in [6.07, 6.45) is -3.44. The Morgan fingerprint density at radius 3 is 2.39 bits per heavy atom. The molecule has 1 aromatic carbocycles. The number of nitrogens with zero attached hydrogens (tertiary/aromatic N) is 4. The number of aliphatic hydroxyl groups excluding tert-OH is 1. The molecule has 2 fully saturated rings. The molecule has 2 saturated heterocycles. The number of nitrogens with one attached hydrogen (secondary N) is 1. The number of aliphatic hydroxyl groups is 1. The number of pyridine rings is 1. The number of aromatic amines is 1. The fourth-order valence-electron chi connectivity index (χ4n) is 5.26. The van der Waals surface area contributed by atoms with E-state index >= 15 is 4.39 Å². The number of rotatable bonds is 5. The number of piperidine rings is 1. The lowest BCUT2D eigenvalue weighted by Crippen LogP contribution is -2.46. The normalized spacial score (nSPS) is 19.2. The van der Waals surface area contributed by atoms with Gasteiger partial charge in [-0.1, -0.05) is 0 Å². The number of fused-ring (bicyclic) bond motifs is 1. The lowest BCUT2D eigenvalue weighted by atomic mass is 9.87. The third-order valence-electron chi connectivity index (χ3n) is 7.36. The molecule has 3 aromatic rings. The maximum Gasteiger partial charge on any atom is 0.573 e. The van der Waals surface area contributed by atoms with E-state index in [0.717, 1.165) is 25.2 Å². The lowest BCUT2D eigenvalue weighted by Gasteiger charge is -2.35. The molecule has 204 valence electrons. The number of carbonyl (C=O) groups excluding carboxylic acids is 1. The molecule has 8 nitrogen and oxygen atoms in total. The van der Waals surface area contributed by atoms with Gasteiger partial charge in [-0.05, 0) is 56.1 Å². The van der Waals surface area contributed by atoms with E-state index in [1.807, 2.05) is 11.9 Å². The minimum atomic E-state index is -4.80. The standard InChI is InChI=1S/C26H29F4N5O3/c1-33-10-12-35(13-11-33)25(37)21-14-19-22(20(27)15-31-23(19)32-21)16-6-8-34(9-7-16)24(36)17-2-4-18(5-3-17)38-26(28,29)30/h2-5,14-16,25,37H,6-13H2,1H3,(H,31,32). The third-order valence-corrected chi connectivity index (χ3v) is 7.36. The van der Waals surface area contributed by atoms with Crippen LogP contribution in [0.15, 0.2) is 36.5 Å². The predicted octanol–water partition coefficient (Wildman–Crippen LogP) is 3.86. The highest BCUT2D eigenvalue weighted by molar-refractivity contribution is 5.94. The van der Waals surface area contributed by atoms with Gasteiger partial charge in [0, 0.05) is 55.8 Å². The van der Waals surface area contributed by atoms with Crippen molar-refractivity contribution in [3.8, 4) is 5.75 Å². The summed E-state index contributed by atoms with van der Waals surface area (Å²) in [7, 11) is 2.04. The molecule has 5 rings (SSSR count). The Morgan fingerprint density at radius 1 is 1.11 bits per heavy atom. The number of hydrogen-bond acceptors (Lipinski definition) is 6. The maximum atomic E-state index is 15.1. The number of ether oxygens (including phenoxy) is 1. The fourth-order valence-corrected chi connectivity index (χ4v) is 5.26. The number of piperazine rings is 1. The van der Waals surface area contributed by atoms with Crippen molar-refractivity contribution in [2.45, 2.75) is 31.3 Å². The van der Waals surface area contributed by atoms with Crippen LogP contribution in [-0.2, 0) is 0 Å². The summed E-state index contributed by atoms with van der Waals surface area (Å²) in [5, 5.41) is 11.6. The van der Waals surface area contributed by atoms with Gasteiger partial charge in [0.1, 0.15) is 23.4 Å². The van der Waals surface area contributed by atoms with Gasteiger partial charge in [-0.3, -0.25) is 9.69 Å². The van der Waals surface area contributed by atoms with Gasteiger partial charge in [0.25, 0.3) is 5.91 Å². The van der Waals surface area contributed by atoms with Crippen molar-refractivity contribution in [3.63, 3.8) is 0 Å². The smallest absolute Gasteiger partial charge is 0.406 e. The number of H-pyrrole nitrogens is 1. The van der Waals surface area contributed by atoms with Crippen molar-refractivity contribution in [2.24, 2.45) is 0 Å². The van der Waals surface area contributed by atoms with Crippen LogP contribution in [-0.4, -0.2) is 88.4 Å². The molecule has 1 atom stereocenters. The van der Waals surface area contributed by atoms with Crippen molar-refractivity contribution in [3.05, 3.63) is 59.2 Å². The summed E-state index contributed by atoms with van der Waals surface area (Å²) >= 11 is 0. The Morgan fingerprint density at radius 2 is 1.76 bits per heavy atom. The van der Waals surface area contributed by atoms with Crippen LogP contribution in [0.3, 0.4) is 0 Å². The third kappa shape index (κ3) is 5.62. The topological polar surface area (TPSA) is 84.9 Å². The van der Waals surface area contributed by atoms with E-state index in [4.69, 9.17) is 0 Å². The molecule has 1 amide bonds. The van der Waals surface area contributed by atoms with Crippen molar-refractivity contribution in [1.29, 1.82) is 0 Å². The number of carbonyl (C=O) groups is 1. The molecule has 2 aromatic heterocycles. The van der Waals surface area contributed by atoms with E-state index in [0.29, 0.717) is 61.3 Å². The molecule has 2 aliphatic rings. The minimum Gasteiger partial charge on any atom is -0.406 e. The van der Waals surface area contributed by atoms with E-state index in [-0.39, 0.29) is 17.4 Å². The molecule has 4 heterocycles. The average Bonchev–Trinajstić information content (AvgIpc) is 3.32. The molecule has 0 saturated carbocycles. The minimum absolute atomic E-state index is 0.156. The number of likely N-dealkylation sites (tertiary alicyclic amines) is 1. The molecule has 12 heteroatoms. The van der Waals surface area contributed by atoms with Crippen LogP contribution in [0.5, 0.6) is 5.75 Å². The van der Waals surface area contributed by atoms with Crippen LogP contribution in [0.2, 0.25) is 0 Å². The number of hydrogen-bond donors (Lipinski definition) is 2. The van der Waals surface area contributed by atoms with Crippen molar-refractivity contribution < 1.29 is 32.2 Å². The number of aromatic nitrogens is 2. The highest BCUT2D eigenvalue weighted by Gasteiger charge is 2.32. The molecule has 0 spiro atoms. The van der Waals surface area contributed by atoms with Crippen molar-refractivity contribution in [2.75, 3.05) is 46.3 Å². The van der Waals surface area contributed by atoms with Gasteiger partial charge in [-0.2, -0.15) is 0 Å². The van der Waals surface area contributed by atoms with Gasteiger partial charge in [0.15, 0.2) is 0 Å². The van der Waals surface area contributed by atoms with Crippen molar-refractivity contribution >= 4 is 16.9 Å². The second-order valence-corrected chi connectivity index (χ2v) is 9.86. The first kappa shape index (κ1) is 26.4. The Kier molecular flexibility index (Phi) is 7.30. The monoisotopic (exact) mass is 535 g/mol. The quantitative estimate of drug-likeness (QED) is 0.483. The summed E-state index contributed by atoms with van der Waals surface area (Å²) in [5.41, 5.74) is 1.84. The van der Waals surface area contributed by atoms with Crippen LogP contribution >= 0.6 is 0 Å². The summed E-state index contributed by atoms with van der Waals surface area (Å²) in [6.45, 7) is 3.86. The molecule has 0 aliphatic carbocycles. The first-order valence-electron chi connectivity index (χ1n) is 12.5. The maximum absolute atomic E-state index is 15.1. The second-order valence-electron chi connectivity index (χ2n) is 9.86. The molecular formula is C26H29F4N5O3. The highest BCUT2D eigenvalue weighted by Crippen LogP contribution is 2.36. The van der Waals surface area contributed by atoms with Crippen LogP contribution < -0.4 is 4.74 Å². The van der Waals surface area contributed by atoms with Crippen molar-refractivity contribution in [1.82, 2.24) is 24.7 Å². The van der Waals surface area contributed by atoms with Crippen LogP contribution in [0.4, 0.5) is 17.6 Å². The van der Waals surface area contributed by atoms with Crippen LogP contribution in [0, 0.1) is 5.82 Å². The highest BCUT2D eigenvalue weighted by atomic mass is 19.4. The Balaban J connectivity index is 1.27. The van der Waals surface area contributed by atoms with Crippen LogP contribution in [0.25, 0.3) is 11.0 Å². The predicted molar refractivity (Wildman–Crippen MR) is 131 cm³/mol. The SMILES string of the molecule is CN1CCN(C(O)c2cc3c(C4CCN(C(=O)c5ccc(OC(F)(F)F)cc5)CC4)c(F)cnc3[nH]2)CC1. The fraction of sp³-hybridized carbons (Fsp3) is 0.462. The molecule has 0 bridgehead atoms. The van der Waals surface area contributed by atoms with Crippen LogP contribution in [0.1, 0.15) is 46.6 Å². The van der Waals surface area contributed by atoms with Gasteiger partial charge >= 0.3 is 6.36 Å². The molecule has 0 radical (unpaired) electrons. The molecule has 1 unspecified atom stereocenters. The van der Waals surface area contributed by atoms with E-state index in [9.17, 15) is 23.1 Å². The Labute approximate surface area is 216 Å². The first-order chi connectivity index (χ1) is 18.1. The average molecular weight is 536 g/mol. The summed E-state index contributed by atoms with van der Waals surface area (Å²) in [6, 6.07) is 6.59. The number of benzene rings is 1. The lowest BCUT2D eigenvalue weighted by molar-refractivity contribution is -0.274. The summed E-state index contributed by atoms with van der Waals surface area (Å²) in [5.74, 6) is -1.28. The zero-order chi connectivity index (χ0) is 27.0. The largest absolute Gasteiger partial charge is 0.573 e. The van der Waals surface area contributed by atoms with E-state index in [1.54, 1.807) is 11.0 Å².